The number of imidazole rings is 1. The zero-order chi connectivity index (χ0) is 14.8. The van der Waals surface area contributed by atoms with Crippen LogP contribution in [0, 0.1) is 5.41 Å². The summed E-state index contributed by atoms with van der Waals surface area (Å²) in [6.45, 7) is 4.90. The van der Waals surface area contributed by atoms with Gasteiger partial charge in [-0.2, -0.15) is 0 Å². The highest BCUT2D eigenvalue weighted by atomic mass is 79.9. The normalized spacial score (nSPS) is 11.8. The number of nitrogens with one attached hydrogen (secondary N) is 1. The fourth-order valence-electron chi connectivity index (χ4n) is 1.99. The minimum atomic E-state index is -0.546. The van der Waals surface area contributed by atoms with Crippen LogP contribution in [0.5, 0.6) is 0 Å². The van der Waals surface area contributed by atoms with E-state index in [0.29, 0.717) is 13.1 Å². The molecule has 0 spiro atoms. The summed E-state index contributed by atoms with van der Waals surface area (Å²) in [6, 6.07) is 3.91. The average molecular weight is 340 g/mol. The van der Waals surface area contributed by atoms with E-state index in [1.165, 1.54) is 7.11 Å². The van der Waals surface area contributed by atoms with Gasteiger partial charge in [-0.15, -0.1) is 0 Å². The summed E-state index contributed by atoms with van der Waals surface area (Å²) in [5.41, 5.74) is 1.40. The number of rotatable bonds is 5. The lowest BCUT2D eigenvalue weighted by Crippen LogP contribution is -2.36. The molecule has 6 heteroatoms. The van der Waals surface area contributed by atoms with Crippen molar-refractivity contribution < 1.29 is 9.53 Å². The molecule has 0 fully saturated rings. The van der Waals surface area contributed by atoms with Crippen LogP contribution in [0.3, 0.4) is 0 Å². The lowest BCUT2D eigenvalue weighted by molar-refractivity contribution is -0.150. The van der Waals surface area contributed by atoms with Gasteiger partial charge in [0.15, 0.2) is 0 Å². The molecule has 0 saturated heterocycles. The van der Waals surface area contributed by atoms with Crippen LogP contribution in [0.4, 0.5) is 0 Å². The van der Waals surface area contributed by atoms with E-state index in [1.807, 2.05) is 42.8 Å². The molecule has 0 aliphatic rings. The standard InChI is InChI=1S/C14H18BrN3O2/c1-14(2,13(19)20-3)9-16-6-11-7-17-12-5-4-10(15)8-18(11)12/h4-5,7-8,16H,6,9H2,1-3H3. The second kappa shape index (κ2) is 5.93. The maximum absolute atomic E-state index is 11.6. The Bertz CT molecular complexity index is 622. The number of aromatic nitrogens is 2. The van der Waals surface area contributed by atoms with Crippen LogP contribution < -0.4 is 5.32 Å². The number of fused-ring (bicyclic) bond motifs is 1. The van der Waals surface area contributed by atoms with Gasteiger partial charge >= 0.3 is 5.97 Å². The number of nitrogens with zero attached hydrogens (tertiary/aromatic N) is 2. The Balaban J connectivity index is 2.03. The van der Waals surface area contributed by atoms with E-state index >= 15 is 0 Å². The number of carbonyl (C=O) groups is 1. The fraction of sp³-hybridized carbons (Fsp3) is 0.429. The van der Waals surface area contributed by atoms with Crippen molar-refractivity contribution in [3.8, 4) is 0 Å². The molecular formula is C14H18BrN3O2. The molecule has 0 aromatic carbocycles. The van der Waals surface area contributed by atoms with Crippen LogP contribution in [0.15, 0.2) is 29.0 Å². The van der Waals surface area contributed by atoms with Crippen molar-refractivity contribution in [2.24, 2.45) is 5.41 Å². The van der Waals surface area contributed by atoms with E-state index in [2.05, 4.69) is 26.2 Å². The van der Waals surface area contributed by atoms with Gasteiger partial charge in [0, 0.05) is 23.8 Å². The van der Waals surface area contributed by atoms with Gasteiger partial charge in [-0.3, -0.25) is 4.79 Å². The Morgan fingerprint density at radius 1 is 1.50 bits per heavy atom. The predicted octanol–water partition coefficient (Wildman–Crippen LogP) is 2.39. The second-order valence-electron chi connectivity index (χ2n) is 5.30. The molecule has 0 radical (unpaired) electrons. The van der Waals surface area contributed by atoms with E-state index in [-0.39, 0.29) is 5.97 Å². The molecule has 20 heavy (non-hydrogen) atoms. The molecule has 2 aromatic heterocycles. The lowest BCUT2D eigenvalue weighted by atomic mass is 9.94. The molecule has 0 unspecified atom stereocenters. The first-order valence-corrected chi connectivity index (χ1v) is 7.14. The molecule has 2 heterocycles. The molecule has 0 amide bonds. The van der Waals surface area contributed by atoms with Gasteiger partial charge in [0.25, 0.3) is 0 Å². The van der Waals surface area contributed by atoms with Crippen LogP contribution in [0.1, 0.15) is 19.5 Å². The molecular weight excluding hydrogens is 322 g/mol. The van der Waals surface area contributed by atoms with E-state index in [4.69, 9.17) is 4.74 Å². The highest BCUT2D eigenvalue weighted by Crippen LogP contribution is 2.16. The zero-order valence-corrected chi connectivity index (χ0v) is 13.4. The topological polar surface area (TPSA) is 55.6 Å². The Morgan fingerprint density at radius 2 is 2.25 bits per heavy atom. The number of hydrogen-bond acceptors (Lipinski definition) is 4. The smallest absolute Gasteiger partial charge is 0.312 e. The first-order valence-electron chi connectivity index (χ1n) is 6.34. The summed E-state index contributed by atoms with van der Waals surface area (Å²) in [7, 11) is 1.41. The molecule has 0 atom stereocenters. The summed E-state index contributed by atoms with van der Waals surface area (Å²) in [5, 5.41) is 3.28. The van der Waals surface area contributed by atoms with Crippen LogP contribution >= 0.6 is 15.9 Å². The summed E-state index contributed by atoms with van der Waals surface area (Å²) < 4.78 is 7.80. The van der Waals surface area contributed by atoms with Crippen LogP contribution in [0.25, 0.3) is 5.65 Å². The van der Waals surface area contributed by atoms with Gasteiger partial charge in [0.05, 0.1) is 24.4 Å². The predicted molar refractivity (Wildman–Crippen MR) is 80.4 cm³/mol. The number of methoxy groups -OCH3 is 1. The quantitative estimate of drug-likeness (QED) is 0.850. The van der Waals surface area contributed by atoms with Crippen molar-refractivity contribution >= 4 is 27.5 Å². The van der Waals surface area contributed by atoms with Crippen molar-refractivity contribution in [2.45, 2.75) is 20.4 Å². The molecule has 108 valence electrons. The van der Waals surface area contributed by atoms with Crippen LogP contribution in [0.2, 0.25) is 0 Å². The fourth-order valence-corrected chi connectivity index (χ4v) is 2.32. The largest absolute Gasteiger partial charge is 0.469 e. The van der Waals surface area contributed by atoms with E-state index in [0.717, 1.165) is 15.8 Å². The van der Waals surface area contributed by atoms with E-state index in [1.54, 1.807) is 0 Å². The third-order valence-electron chi connectivity index (χ3n) is 3.16. The highest BCUT2D eigenvalue weighted by molar-refractivity contribution is 9.10. The minimum absolute atomic E-state index is 0.217. The monoisotopic (exact) mass is 339 g/mol. The molecule has 5 nitrogen and oxygen atoms in total. The molecule has 1 N–H and O–H groups in total. The Kier molecular flexibility index (Phi) is 4.45. The van der Waals surface area contributed by atoms with Crippen LogP contribution in [-0.2, 0) is 16.1 Å². The van der Waals surface area contributed by atoms with Crippen molar-refractivity contribution in [2.75, 3.05) is 13.7 Å². The van der Waals surface area contributed by atoms with Crippen molar-refractivity contribution in [1.82, 2.24) is 14.7 Å². The van der Waals surface area contributed by atoms with Gasteiger partial charge in [-0.1, -0.05) is 0 Å². The van der Waals surface area contributed by atoms with Crippen molar-refractivity contribution in [1.29, 1.82) is 0 Å². The number of pyridine rings is 1. The number of halogens is 1. The molecule has 2 aromatic rings. The van der Waals surface area contributed by atoms with Gasteiger partial charge in [0.1, 0.15) is 5.65 Å². The Morgan fingerprint density at radius 3 is 2.95 bits per heavy atom. The summed E-state index contributed by atoms with van der Waals surface area (Å²) in [5.74, 6) is -0.217. The number of ether oxygens (including phenoxy) is 1. The molecule has 2 rings (SSSR count). The van der Waals surface area contributed by atoms with Gasteiger partial charge in [-0.25, -0.2) is 4.98 Å². The third-order valence-corrected chi connectivity index (χ3v) is 3.63. The zero-order valence-electron chi connectivity index (χ0n) is 11.8. The summed E-state index contributed by atoms with van der Waals surface area (Å²) >= 11 is 3.45. The highest BCUT2D eigenvalue weighted by Gasteiger charge is 2.28. The summed E-state index contributed by atoms with van der Waals surface area (Å²) in [6.07, 6.45) is 3.81. The first kappa shape index (κ1) is 15.0. The minimum Gasteiger partial charge on any atom is -0.469 e. The third kappa shape index (κ3) is 3.19. The average Bonchev–Trinajstić information content (AvgIpc) is 2.80. The molecule has 0 aliphatic carbocycles. The number of carbonyl (C=O) groups excluding carboxylic acids is 1. The summed E-state index contributed by atoms with van der Waals surface area (Å²) in [4.78, 5) is 15.9. The Hall–Kier alpha value is -1.40. The molecule has 0 bridgehead atoms. The number of hydrogen-bond donors (Lipinski definition) is 1. The molecule has 0 saturated carbocycles. The maximum atomic E-state index is 11.6. The van der Waals surface area contributed by atoms with Crippen molar-refractivity contribution in [3.05, 3.63) is 34.7 Å². The molecule has 0 aliphatic heterocycles. The maximum Gasteiger partial charge on any atom is 0.312 e. The van der Waals surface area contributed by atoms with E-state index < -0.39 is 5.41 Å². The van der Waals surface area contributed by atoms with Crippen LogP contribution in [-0.4, -0.2) is 29.0 Å². The van der Waals surface area contributed by atoms with Crippen molar-refractivity contribution in [3.63, 3.8) is 0 Å². The first-order chi connectivity index (χ1) is 9.44. The SMILES string of the molecule is COC(=O)C(C)(C)CNCc1cnc2ccc(Br)cn12. The van der Waals surface area contributed by atoms with Gasteiger partial charge in [0.2, 0.25) is 0 Å². The Labute approximate surface area is 126 Å². The lowest BCUT2D eigenvalue weighted by Gasteiger charge is -2.21. The number of esters is 1. The van der Waals surface area contributed by atoms with E-state index in [9.17, 15) is 4.79 Å². The van der Waals surface area contributed by atoms with Gasteiger partial charge < -0.3 is 14.5 Å². The second-order valence-corrected chi connectivity index (χ2v) is 6.22. The van der Waals surface area contributed by atoms with Gasteiger partial charge in [-0.05, 0) is 41.9 Å².